The van der Waals surface area contributed by atoms with Crippen LogP contribution in [0.1, 0.15) is 38.1 Å². The fraction of sp³-hybridized carbons (Fsp3) is 0.300. The summed E-state index contributed by atoms with van der Waals surface area (Å²) in [6.07, 6.45) is 15.9. The largest absolute Gasteiger partial charge is 0.276 e. The van der Waals surface area contributed by atoms with Gasteiger partial charge >= 0.3 is 0 Å². The van der Waals surface area contributed by atoms with Crippen LogP contribution in [-0.2, 0) is 0 Å². The first-order chi connectivity index (χ1) is 12.9. The van der Waals surface area contributed by atoms with Gasteiger partial charge in [0.15, 0.2) is 0 Å². The summed E-state index contributed by atoms with van der Waals surface area (Å²) < 4.78 is 2.12. The van der Waals surface area contributed by atoms with E-state index in [1.165, 1.54) is 32.1 Å². The second-order valence-corrected chi connectivity index (χ2v) is 6.93. The molecule has 1 N–H and O–H groups in total. The van der Waals surface area contributed by atoms with E-state index < -0.39 is 0 Å². The Morgan fingerprint density at radius 1 is 1.04 bits per heavy atom. The first kappa shape index (κ1) is 15.3. The highest BCUT2D eigenvalue weighted by Gasteiger charge is 2.18. The van der Waals surface area contributed by atoms with Gasteiger partial charge in [0.1, 0.15) is 5.69 Å². The van der Waals surface area contributed by atoms with Crippen LogP contribution in [0.4, 0.5) is 0 Å². The van der Waals surface area contributed by atoms with Gasteiger partial charge in [-0.3, -0.25) is 19.7 Å². The molecule has 1 aliphatic carbocycles. The third kappa shape index (κ3) is 2.67. The lowest BCUT2D eigenvalue weighted by molar-refractivity contribution is 0.329. The SMILES string of the molecule is c1cncc(-c2cc3c(-c4cnn(C5CCCCC5)c4)n[nH]c3cn2)c1. The number of nitrogens with zero attached hydrogens (tertiary/aromatic N) is 5. The number of hydrogen-bond donors (Lipinski definition) is 1. The van der Waals surface area contributed by atoms with Gasteiger partial charge in [-0.15, -0.1) is 0 Å². The zero-order valence-electron chi connectivity index (χ0n) is 14.5. The Kier molecular flexibility index (Phi) is 3.74. The smallest absolute Gasteiger partial charge is 0.103 e. The van der Waals surface area contributed by atoms with E-state index >= 15 is 0 Å². The molecule has 0 radical (unpaired) electrons. The molecule has 1 aliphatic rings. The standard InChI is InChI=1S/C20H20N6/c1-2-6-16(7-3-1)26-13-15(11-23-26)20-17-9-18(14-5-4-8-21-10-14)22-12-19(17)24-25-20/h4-5,8-13,16H,1-3,6-7H2,(H,24,25). The highest BCUT2D eigenvalue weighted by Crippen LogP contribution is 2.32. The third-order valence-electron chi connectivity index (χ3n) is 5.23. The molecule has 0 aromatic carbocycles. The maximum atomic E-state index is 4.62. The highest BCUT2D eigenvalue weighted by atomic mass is 15.3. The average molecular weight is 344 g/mol. The lowest BCUT2D eigenvalue weighted by atomic mass is 9.96. The molecule has 0 atom stereocenters. The minimum atomic E-state index is 0.523. The summed E-state index contributed by atoms with van der Waals surface area (Å²) in [5.74, 6) is 0. The summed E-state index contributed by atoms with van der Waals surface area (Å²) in [7, 11) is 0. The minimum Gasteiger partial charge on any atom is -0.276 e. The van der Waals surface area contributed by atoms with Crippen molar-refractivity contribution in [3.63, 3.8) is 0 Å². The quantitative estimate of drug-likeness (QED) is 0.598. The molecule has 26 heavy (non-hydrogen) atoms. The lowest BCUT2D eigenvalue weighted by Gasteiger charge is -2.21. The van der Waals surface area contributed by atoms with Crippen molar-refractivity contribution in [2.24, 2.45) is 0 Å². The molecule has 0 bridgehead atoms. The average Bonchev–Trinajstić information content (AvgIpc) is 3.36. The maximum Gasteiger partial charge on any atom is 0.103 e. The Bertz CT molecular complexity index is 1030. The van der Waals surface area contributed by atoms with Crippen molar-refractivity contribution in [1.29, 1.82) is 0 Å². The lowest BCUT2D eigenvalue weighted by Crippen LogP contribution is -2.12. The predicted molar refractivity (Wildman–Crippen MR) is 100 cm³/mol. The summed E-state index contributed by atoms with van der Waals surface area (Å²) in [5.41, 5.74) is 4.80. The normalized spacial score (nSPS) is 15.5. The zero-order valence-corrected chi connectivity index (χ0v) is 14.5. The first-order valence-electron chi connectivity index (χ1n) is 9.17. The van der Waals surface area contributed by atoms with Crippen LogP contribution in [0.5, 0.6) is 0 Å². The molecule has 6 heteroatoms. The van der Waals surface area contributed by atoms with Crippen molar-refractivity contribution in [2.45, 2.75) is 38.1 Å². The number of aromatic nitrogens is 6. The van der Waals surface area contributed by atoms with Crippen LogP contribution < -0.4 is 0 Å². The van der Waals surface area contributed by atoms with E-state index in [0.29, 0.717) is 6.04 Å². The van der Waals surface area contributed by atoms with Gasteiger partial charge in [0.25, 0.3) is 0 Å². The van der Waals surface area contributed by atoms with Crippen molar-refractivity contribution < 1.29 is 0 Å². The number of fused-ring (bicyclic) bond motifs is 1. The molecule has 4 aromatic rings. The summed E-state index contributed by atoms with van der Waals surface area (Å²) in [4.78, 5) is 8.72. The molecule has 0 aliphatic heterocycles. The fourth-order valence-corrected chi connectivity index (χ4v) is 3.81. The van der Waals surface area contributed by atoms with Gasteiger partial charge in [0.05, 0.1) is 29.6 Å². The molecular weight excluding hydrogens is 324 g/mol. The van der Waals surface area contributed by atoms with Gasteiger partial charge < -0.3 is 0 Å². The second kappa shape index (κ2) is 6.37. The number of nitrogens with one attached hydrogen (secondary N) is 1. The van der Waals surface area contributed by atoms with Crippen LogP contribution in [0, 0.1) is 0 Å². The maximum absolute atomic E-state index is 4.62. The molecule has 0 amide bonds. The van der Waals surface area contributed by atoms with E-state index in [0.717, 1.165) is 33.4 Å². The van der Waals surface area contributed by atoms with Gasteiger partial charge in [-0.2, -0.15) is 10.2 Å². The van der Waals surface area contributed by atoms with E-state index in [1.54, 1.807) is 6.20 Å². The first-order valence-corrected chi connectivity index (χ1v) is 9.17. The second-order valence-electron chi connectivity index (χ2n) is 6.93. The van der Waals surface area contributed by atoms with E-state index in [9.17, 15) is 0 Å². The van der Waals surface area contributed by atoms with Crippen LogP contribution in [-0.4, -0.2) is 29.9 Å². The van der Waals surface area contributed by atoms with Gasteiger partial charge in [-0.25, -0.2) is 0 Å². The van der Waals surface area contributed by atoms with Crippen LogP contribution in [0.25, 0.3) is 33.4 Å². The summed E-state index contributed by atoms with van der Waals surface area (Å²) in [5, 5.41) is 13.3. The highest BCUT2D eigenvalue weighted by molar-refractivity contribution is 5.94. The number of aromatic amines is 1. The van der Waals surface area contributed by atoms with Crippen molar-refractivity contribution in [2.75, 3.05) is 0 Å². The minimum absolute atomic E-state index is 0.523. The monoisotopic (exact) mass is 344 g/mol. The van der Waals surface area contributed by atoms with Crippen molar-refractivity contribution in [3.8, 4) is 22.5 Å². The third-order valence-corrected chi connectivity index (χ3v) is 5.23. The summed E-state index contributed by atoms with van der Waals surface area (Å²) in [6.45, 7) is 0. The summed E-state index contributed by atoms with van der Waals surface area (Å²) >= 11 is 0. The molecule has 1 fully saturated rings. The van der Waals surface area contributed by atoms with E-state index in [1.807, 2.05) is 30.7 Å². The van der Waals surface area contributed by atoms with E-state index in [2.05, 4.69) is 42.2 Å². The van der Waals surface area contributed by atoms with Gasteiger partial charge in [-0.1, -0.05) is 19.3 Å². The predicted octanol–water partition coefficient (Wildman–Crippen LogP) is 4.39. The van der Waals surface area contributed by atoms with Gasteiger partial charge in [-0.05, 0) is 31.0 Å². The van der Waals surface area contributed by atoms with E-state index in [-0.39, 0.29) is 0 Å². The number of H-pyrrole nitrogens is 1. The number of hydrogen-bond acceptors (Lipinski definition) is 4. The topological polar surface area (TPSA) is 72.3 Å². The van der Waals surface area contributed by atoms with Crippen LogP contribution in [0.15, 0.2) is 49.2 Å². The summed E-state index contributed by atoms with van der Waals surface area (Å²) in [6, 6.07) is 6.53. The van der Waals surface area contributed by atoms with Crippen molar-refractivity contribution in [3.05, 3.63) is 49.2 Å². The van der Waals surface area contributed by atoms with Crippen molar-refractivity contribution in [1.82, 2.24) is 29.9 Å². The van der Waals surface area contributed by atoms with Gasteiger partial charge in [0.2, 0.25) is 0 Å². The van der Waals surface area contributed by atoms with Crippen LogP contribution >= 0.6 is 0 Å². The fourth-order valence-electron chi connectivity index (χ4n) is 3.81. The Labute approximate surface area is 151 Å². The van der Waals surface area contributed by atoms with Crippen LogP contribution in [0.2, 0.25) is 0 Å². The molecule has 1 saturated carbocycles. The molecule has 6 nitrogen and oxygen atoms in total. The Morgan fingerprint density at radius 3 is 2.81 bits per heavy atom. The molecule has 130 valence electrons. The van der Waals surface area contributed by atoms with Crippen molar-refractivity contribution >= 4 is 10.9 Å². The molecule has 5 rings (SSSR count). The molecule has 4 aromatic heterocycles. The van der Waals surface area contributed by atoms with Crippen LogP contribution in [0.3, 0.4) is 0 Å². The Hall–Kier alpha value is -3.02. The molecule has 0 saturated heterocycles. The molecule has 0 unspecified atom stereocenters. The Balaban J connectivity index is 1.54. The molecule has 0 spiro atoms. The molecular formula is C20H20N6. The van der Waals surface area contributed by atoms with Gasteiger partial charge in [0, 0.05) is 35.1 Å². The Morgan fingerprint density at radius 2 is 1.96 bits per heavy atom. The molecule has 4 heterocycles. The number of rotatable bonds is 3. The zero-order chi connectivity index (χ0) is 17.3. The number of pyridine rings is 2. The van der Waals surface area contributed by atoms with E-state index in [4.69, 9.17) is 0 Å².